The van der Waals surface area contributed by atoms with E-state index in [1.165, 1.54) is 4.90 Å². The third-order valence-corrected chi connectivity index (χ3v) is 5.49. The number of likely N-dealkylation sites (N-methyl/N-ethyl adjacent to an activating group) is 1. The van der Waals surface area contributed by atoms with Crippen molar-refractivity contribution in [3.63, 3.8) is 0 Å². The Bertz CT molecular complexity index is 1180. The van der Waals surface area contributed by atoms with Crippen molar-refractivity contribution in [2.45, 2.75) is 19.3 Å². The fraction of sp³-hybridized carbons (Fsp3) is 0.167. The second-order valence-corrected chi connectivity index (χ2v) is 7.78. The molecule has 2 N–H and O–H groups in total. The van der Waals surface area contributed by atoms with E-state index in [1.807, 2.05) is 30.3 Å². The summed E-state index contributed by atoms with van der Waals surface area (Å²) in [6.45, 7) is 8.09. The summed E-state index contributed by atoms with van der Waals surface area (Å²) in [5.74, 6) is -0.548. The summed E-state index contributed by atoms with van der Waals surface area (Å²) in [5.41, 5.74) is 3.71. The van der Waals surface area contributed by atoms with Crippen LogP contribution in [-0.4, -0.2) is 28.7 Å². The number of aromatic amines is 1. The van der Waals surface area contributed by atoms with E-state index in [1.54, 1.807) is 37.4 Å². The van der Waals surface area contributed by atoms with Crippen molar-refractivity contribution in [1.82, 2.24) is 9.88 Å². The van der Waals surface area contributed by atoms with Gasteiger partial charge in [-0.25, -0.2) is 0 Å². The number of amides is 2. The summed E-state index contributed by atoms with van der Waals surface area (Å²) in [4.78, 5) is 30.9. The molecule has 1 aliphatic rings. The van der Waals surface area contributed by atoms with Crippen molar-refractivity contribution < 1.29 is 9.59 Å². The zero-order valence-electron chi connectivity index (χ0n) is 16.7. The average molecular weight is 385 g/mol. The molecule has 0 radical (unpaired) electrons. The fourth-order valence-electron chi connectivity index (χ4n) is 3.63. The zero-order chi connectivity index (χ0) is 20.8. The van der Waals surface area contributed by atoms with Gasteiger partial charge in [0.25, 0.3) is 11.8 Å². The van der Waals surface area contributed by atoms with E-state index in [4.69, 9.17) is 0 Å². The fourth-order valence-corrected chi connectivity index (χ4v) is 3.63. The van der Waals surface area contributed by atoms with E-state index in [2.05, 4.69) is 30.7 Å². The maximum atomic E-state index is 13.0. The topological polar surface area (TPSA) is 65.2 Å². The molecule has 0 spiro atoms. The van der Waals surface area contributed by atoms with Gasteiger partial charge < -0.3 is 15.2 Å². The minimum absolute atomic E-state index is 0.227. The van der Waals surface area contributed by atoms with Crippen LogP contribution in [0.1, 0.15) is 35.5 Å². The average Bonchev–Trinajstić information content (AvgIpc) is 3.07. The molecule has 2 aromatic carbocycles. The summed E-state index contributed by atoms with van der Waals surface area (Å²) in [5, 5.41) is 3.85. The van der Waals surface area contributed by atoms with Gasteiger partial charge in [0.15, 0.2) is 0 Å². The van der Waals surface area contributed by atoms with Crippen LogP contribution in [0, 0.1) is 0 Å². The first kappa shape index (κ1) is 18.7. The third-order valence-electron chi connectivity index (χ3n) is 5.49. The molecule has 0 aliphatic carbocycles. The van der Waals surface area contributed by atoms with Gasteiger partial charge in [-0.3, -0.25) is 9.59 Å². The number of H-pyrrole nitrogens is 1. The van der Waals surface area contributed by atoms with Crippen LogP contribution in [0.25, 0.3) is 17.0 Å². The standard InChI is InChI=1S/C24H23N3O2/c1-5-24(2,3)21-17(15-10-6-8-12-18(15)25-21)14-20-22(28)26-19-13-9-7-11-16(19)23(29)27(20)4/h5-14,25H,1H2,2-4H3,(H,26,28)/b20-14-. The van der Waals surface area contributed by atoms with Gasteiger partial charge >= 0.3 is 0 Å². The van der Waals surface area contributed by atoms with Gasteiger partial charge in [-0.15, -0.1) is 6.58 Å². The van der Waals surface area contributed by atoms with Crippen LogP contribution in [0.3, 0.4) is 0 Å². The maximum Gasteiger partial charge on any atom is 0.272 e. The molecule has 1 aromatic heterocycles. The molecular formula is C24H23N3O2. The van der Waals surface area contributed by atoms with E-state index in [0.29, 0.717) is 11.3 Å². The third kappa shape index (κ3) is 3.05. The number of aromatic nitrogens is 1. The van der Waals surface area contributed by atoms with Crippen LogP contribution >= 0.6 is 0 Å². The number of benzene rings is 2. The number of para-hydroxylation sites is 2. The second kappa shape index (κ2) is 6.78. The highest BCUT2D eigenvalue weighted by Crippen LogP contribution is 2.35. The molecule has 1 aliphatic heterocycles. The first-order valence-electron chi connectivity index (χ1n) is 9.48. The minimum Gasteiger partial charge on any atom is -0.357 e. The summed E-state index contributed by atoms with van der Waals surface area (Å²) in [6.07, 6.45) is 3.66. The van der Waals surface area contributed by atoms with Gasteiger partial charge in [-0.2, -0.15) is 0 Å². The number of fused-ring (bicyclic) bond motifs is 2. The summed E-state index contributed by atoms with van der Waals surface area (Å²) in [7, 11) is 1.63. The quantitative estimate of drug-likeness (QED) is 0.507. The first-order valence-corrected chi connectivity index (χ1v) is 9.48. The molecule has 2 amide bonds. The largest absolute Gasteiger partial charge is 0.357 e. The number of allylic oxidation sites excluding steroid dienone is 1. The Morgan fingerprint density at radius 3 is 2.48 bits per heavy atom. The van der Waals surface area contributed by atoms with Crippen LogP contribution in [0.5, 0.6) is 0 Å². The monoisotopic (exact) mass is 385 g/mol. The van der Waals surface area contributed by atoms with Crippen LogP contribution in [0.4, 0.5) is 5.69 Å². The van der Waals surface area contributed by atoms with Gasteiger partial charge in [-0.1, -0.05) is 50.3 Å². The number of carbonyl (C=O) groups excluding carboxylic acids is 2. The van der Waals surface area contributed by atoms with E-state index in [9.17, 15) is 9.59 Å². The molecule has 0 bridgehead atoms. The van der Waals surface area contributed by atoms with Crippen molar-refractivity contribution in [1.29, 1.82) is 0 Å². The van der Waals surface area contributed by atoms with Crippen molar-refractivity contribution in [3.05, 3.63) is 83.7 Å². The summed E-state index contributed by atoms with van der Waals surface area (Å²) < 4.78 is 0. The lowest BCUT2D eigenvalue weighted by Crippen LogP contribution is -2.29. The lowest BCUT2D eigenvalue weighted by Gasteiger charge is -2.21. The highest BCUT2D eigenvalue weighted by atomic mass is 16.2. The molecule has 3 aromatic rings. The van der Waals surface area contributed by atoms with E-state index >= 15 is 0 Å². The van der Waals surface area contributed by atoms with Crippen molar-refractivity contribution in [2.24, 2.45) is 0 Å². The lowest BCUT2D eigenvalue weighted by atomic mass is 9.86. The molecule has 146 valence electrons. The minimum atomic E-state index is -0.349. The molecule has 5 nitrogen and oxygen atoms in total. The number of anilines is 1. The highest BCUT2D eigenvalue weighted by Gasteiger charge is 2.30. The Hall–Kier alpha value is -3.60. The van der Waals surface area contributed by atoms with Crippen molar-refractivity contribution >= 4 is 34.5 Å². The van der Waals surface area contributed by atoms with Gasteiger partial charge in [-0.05, 0) is 24.3 Å². The number of nitrogens with one attached hydrogen (secondary N) is 2. The molecule has 5 heteroatoms. The Balaban J connectivity index is 1.93. The van der Waals surface area contributed by atoms with E-state index < -0.39 is 0 Å². The first-order chi connectivity index (χ1) is 13.8. The van der Waals surface area contributed by atoms with Crippen molar-refractivity contribution in [3.8, 4) is 0 Å². The van der Waals surface area contributed by atoms with Gasteiger partial charge in [0, 0.05) is 34.6 Å². The second-order valence-electron chi connectivity index (χ2n) is 7.78. The van der Waals surface area contributed by atoms with Crippen LogP contribution in [-0.2, 0) is 10.2 Å². The summed E-state index contributed by atoms with van der Waals surface area (Å²) >= 11 is 0. The number of carbonyl (C=O) groups is 2. The SMILES string of the molecule is C=CC(C)(C)c1[nH]c2ccccc2c1/C=C1/C(=O)Nc2ccccc2C(=O)N1C. The molecular weight excluding hydrogens is 362 g/mol. The maximum absolute atomic E-state index is 13.0. The van der Waals surface area contributed by atoms with E-state index in [0.717, 1.165) is 22.2 Å². The highest BCUT2D eigenvalue weighted by molar-refractivity contribution is 6.17. The number of hydrogen-bond acceptors (Lipinski definition) is 2. The molecule has 4 rings (SSSR count). The van der Waals surface area contributed by atoms with Gasteiger partial charge in [0.05, 0.1) is 11.3 Å². The molecule has 0 atom stereocenters. The number of nitrogens with zero attached hydrogens (tertiary/aromatic N) is 1. The van der Waals surface area contributed by atoms with Crippen LogP contribution in [0.2, 0.25) is 0 Å². The molecule has 0 saturated heterocycles. The van der Waals surface area contributed by atoms with Crippen molar-refractivity contribution in [2.75, 3.05) is 12.4 Å². The van der Waals surface area contributed by atoms with Crippen LogP contribution in [0.15, 0.2) is 66.9 Å². The number of hydrogen-bond donors (Lipinski definition) is 2. The zero-order valence-corrected chi connectivity index (χ0v) is 16.7. The Labute approximate surface area is 169 Å². The predicted molar refractivity (Wildman–Crippen MR) is 117 cm³/mol. The number of rotatable bonds is 3. The predicted octanol–water partition coefficient (Wildman–Crippen LogP) is 4.70. The molecule has 0 saturated carbocycles. The van der Waals surface area contributed by atoms with E-state index in [-0.39, 0.29) is 22.9 Å². The lowest BCUT2D eigenvalue weighted by molar-refractivity contribution is -0.113. The molecule has 0 fully saturated rings. The molecule has 2 heterocycles. The smallest absolute Gasteiger partial charge is 0.272 e. The van der Waals surface area contributed by atoms with Gasteiger partial charge in [0.1, 0.15) is 5.70 Å². The Morgan fingerprint density at radius 2 is 1.72 bits per heavy atom. The molecule has 0 unspecified atom stereocenters. The van der Waals surface area contributed by atoms with Gasteiger partial charge in [0.2, 0.25) is 0 Å². The Morgan fingerprint density at radius 1 is 1.03 bits per heavy atom. The normalized spacial score (nSPS) is 16.0. The molecule has 29 heavy (non-hydrogen) atoms. The summed E-state index contributed by atoms with van der Waals surface area (Å²) in [6, 6.07) is 15.0. The van der Waals surface area contributed by atoms with Crippen LogP contribution < -0.4 is 5.32 Å². The Kier molecular flexibility index (Phi) is 4.38.